The first-order valence-electron chi connectivity index (χ1n) is 11.2. The van der Waals surface area contributed by atoms with Crippen molar-refractivity contribution in [3.05, 3.63) is 121 Å². The second kappa shape index (κ2) is 6.81. The van der Waals surface area contributed by atoms with Crippen LogP contribution in [0.2, 0.25) is 0 Å². The lowest BCUT2D eigenvalue weighted by Gasteiger charge is -2.16. The number of fused-ring (bicyclic) bond motifs is 7. The molecule has 2 heterocycles. The minimum Gasteiger partial charge on any atom is -0.309 e. The van der Waals surface area contributed by atoms with Crippen LogP contribution >= 0.6 is 7.14 Å². The van der Waals surface area contributed by atoms with Gasteiger partial charge in [-0.25, -0.2) is 0 Å². The van der Waals surface area contributed by atoms with E-state index in [2.05, 4.69) is 77.4 Å². The van der Waals surface area contributed by atoms with Crippen LogP contribution in [0.4, 0.5) is 0 Å². The summed E-state index contributed by atoms with van der Waals surface area (Å²) < 4.78 is 17.3. The highest BCUT2D eigenvalue weighted by molar-refractivity contribution is 7.86. The third-order valence-electron chi connectivity index (χ3n) is 6.80. The molecule has 0 fully saturated rings. The fraction of sp³-hybridized carbons (Fsp3) is 0. The van der Waals surface area contributed by atoms with Gasteiger partial charge >= 0.3 is 0 Å². The Labute approximate surface area is 192 Å². The highest BCUT2D eigenvalue weighted by Gasteiger charge is 2.41. The molecule has 5 aromatic carbocycles. The molecular formula is C30H20NOP. The van der Waals surface area contributed by atoms with Gasteiger partial charge < -0.3 is 9.13 Å². The molecule has 7 rings (SSSR count). The molecule has 1 unspecified atom stereocenters. The van der Waals surface area contributed by atoms with Crippen LogP contribution in [0.3, 0.4) is 0 Å². The Morgan fingerprint density at radius 1 is 0.545 bits per heavy atom. The molecule has 3 heteroatoms. The summed E-state index contributed by atoms with van der Waals surface area (Å²) >= 11 is 0. The van der Waals surface area contributed by atoms with E-state index in [0.29, 0.717) is 0 Å². The van der Waals surface area contributed by atoms with Gasteiger partial charge in [0.1, 0.15) is 0 Å². The fourth-order valence-corrected chi connectivity index (χ4v) is 8.48. The predicted octanol–water partition coefficient (Wildman–Crippen LogP) is 6.40. The topological polar surface area (TPSA) is 22.0 Å². The van der Waals surface area contributed by atoms with E-state index >= 15 is 0 Å². The highest BCUT2D eigenvalue weighted by Crippen LogP contribution is 2.54. The molecule has 0 saturated heterocycles. The number of aromatic nitrogens is 1. The molecule has 1 atom stereocenters. The monoisotopic (exact) mass is 441 g/mol. The molecule has 1 aliphatic heterocycles. The van der Waals surface area contributed by atoms with E-state index in [4.69, 9.17) is 0 Å². The van der Waals surface area contributed by atoms with Crippen LogP contribution in [0.1, 0.15) is 0 Å². The first-order valence-corrected chi connectivity index (χ1v) is 12.9. The summed E-state index contributed by atoms with van der Waals surface area (Å²) in [5.41, 5.74) is 5.56. The van der Waals surface area contributed by atoms with Crippen molar-refractivity contribution in [1.29, 1.82) is 0 Å². The smallest absolute Gasteiger partial charge is 0.172 e. The third kappa shape index (κ3) is 2.42. The van der Waals surface area contributed by atoms with Gasteiger partial charge in [0, 0.05) is 37.9 Å². The van der Waals surface area contributed by atoms with Crippen molar-refractivity contribution in [2.45, 2.75) is 0 Å². The van der Waals surface area contributed by atoms with Gasteiger partial charge in [0.05, 0.1) is 11.0 Å². The molecule has 0 saturated carbocycles. The zero-order valence-corrected chi connectivity index (χ0v) is 18.7. The third-order valence-corrected chi connectivity index (χ3v) is 9.95. The van der Waals surface area contributed by atoms with Crippen molar-refractivity contribution in [3.63, 3.8) is 0 Å². The van der Waals surface area contributed by atoms with Gasteiger partial charge in [-0.3, -0.25) is 0 Å². The number of hydrogen-bond donors (Lipinski definition) is 0. The Hall–Kier alpha value is -3.87. The molecule has 2 nitrogen and oxygen atoms in total. The van der Waals surface area contributed by atoms with Crippen LogP contribution in [0, 0.1) is 0 Å². The normalized spacial score (nSPS) is 16.7. The Kier molecular flexibility index (Phi) is 3.86. The fourth-order valence-electron chi connectivity index (χ4n) is 5.43. The second-order valence-electron chi connectivity index (χ2n) is 8.51. The van der Waals surface area contributed by atoms with Crippen LogP contribution < -0.4 is 15.9 Å². The van der Waals surface area contributed by atoms with E-state index < -0.39 is 7.14 Å². The zero-order chi connectivity index (χ0) is 22.0. The summed E-state index contributed by atoms with van der Waals surface area (Å²) in [6, 6.07) is 41.5. The van der Waals surface area contributed by atoms with Gasteiger partial charge in [-0.05, 0) is 29.8 Å². The first kappa shape index (κ1) is 18.7. The van der Waals surface area contributed by atoms with Gasteiger partial charge in [-0.1, -0.05) is 97.1 Å². The van der Waals surface area contributed by atoms with E-state index in [1.165, 1.54) is 10.8 Å². The summed E-state index contributed by atoms with van der Waals surface area (Å²) in [6.07, 6.45) is 0. The van der Waals surface area contributed by atoms with E-state index in [9.17, 15) is 4.57 Å². The maximum Gasteiger partial charge on any atom is 0.172 e. The van der Waals surface area contributed by atoms with Crippen molar-refractivity contribution in [2.24, 2.45) is 0 Å². The average Bonchev–Trinajstić information content (AvgIpc) is 3.36. The van der Waals surface area contributed by atoms with Crippen LogP contribution in [0.15, 0.2) is 121 Å². The number of nitrogens with zero attached hydrogens (tertiary/aromatic N) is 1. The van der Waals surface area contributed by atoms with Crippen molar-refractivity contribution >= 4 is 44.9 Å². The van der Waals surface area contributed by atoms with E-state index in [0.717, 1.165) is 43.8 Å². The standard InChI is InChI=1S/C30H20NOP/c32-33(22-13-5-2-6-14-22)27-18-10-8-16-25(27)29-28(33)20-19-24-23-15-7-9-17-26(23)31(30(24)29)21-11-3-1-4-12-21/h1-20H. The summed E-state index contributed by atoms with van der Waals surface area (Å²) in [7, 11) is -2.97. The van der Waals surface area contributed by atoms with Crippen LogP contribution in [0.25, 0.3) is 38.6 Å². The number of rotatable bonds is 2. The summed E-state index contributed by atoms with van der Waals surface area (Å²) in [4.78, 5) is 0. The Bertz CT molecular complexity index is 1730. The Morgan fingerprint density at radius 2 is 1.21 bits per heavy atom. The van der Waals surface area contributed by atoms with Crippen molar-refractivity contribution in [1.82, 2.24) is 4.57 Å². The minimum absolute atomic E-state index is 0.887. The van der Waals surface area contributed by atoms with Crippen LogP contribution in [0.5, 0.6) is 0 Å². The summed E-state index contributed by atoms with van der Waals surface area (Å²) in [5.74, 6) is 0. The maximum atomic E-state index is 15.0. The summed E-state index contributed by atoms with van der Waals surface area (Å²) in [5, 5.41) is 5.14. The molecule has 0 radical (unpaired) electrons. The molecule has 6 aromatic rings. The summed E-state index contributed by atoms with van der Waals surface area (Å²) in [6.45, 7) is 0. The Morgan fingerprint density at radius 3 is 2.03 bits per heavy atom. The lowest BCUT2D eigenvalue weighted by Crippen LogP contribution is -2.20. The average molecular weight is 441 g/mol. The van der Waals surface area contributed by atoms with Crippen LogP contribution in [-0.2, 0) is 4.57 Å². The largest absolute Gasteiger partial charge is 0.309 e. The predicted molar refractivity (Wildman–Crippen MR) is 139 cm³/mol. The molecule has 0 spiro atoms. The maximum absolute atomic E-state index is 15.0. The minimum atomic E-state index is -2.97. The number of para-hydroxylation sites is 2. The molecular weight excluding hydrogens is 421 g/mol. The number of hydrogen-bond acceptors (Lipinski definition) is 1. The van der Waals surface area contributed by atoms with Gasteiger partial charge in [-0.2, -0.15) is 0 Å². The van der Waals surface area contributed by atoms with E-state index in [1.807, 2.05) is 48.5 Å². The van der Waals surface area contributed by atoms with Crippen molar-refractivity contribution < 1.29 is 4.57 Å². The van der Waals surface area contributed by atoms with Crippen LogP contribution in [-0.4, -0.2) is 4.57 Å². The van der Waals surface area contributed by atoms with Gasteiger partial charge in [0.2, 0.25) is 0 Å². The van der Waals surface area contributed by atoms with Gasteiger partial charge in [0.25, 0.3) is 0 Å². The molecule has 1 aliphatic rings. The van der Waals surface area contributed by atoms with Crippen molar-refractivity contribution in [2.75, 3.05) is 0 Å². The molecule has 0 bridgehead atoms. The second-order valence-corrected chi connectivity index (χ2v) is 11.2. The SMILES string of the molecule is O=P1(c2ccccc2)c2ccccc2-c2c1ccc1c3ccccc3n(-c3ccccc3)c21. The lowest BCUT2D eigenvalue weighted by atomic mass is 10.0. The molecule has 33 heavy (non-hydrogen) atoms. The molecule has 0 aliphatic carbocycles. The Balaban J connectivity index is 1.71. The number of benzene rings is 5. The van der Waals surface area contributed by atoms with E-state index in [1.54, 1.807) is 0 Å². The van der Waals surface area contributed by atoms with Crippen molar-refractivity contribution in [3.8, 4) is 16.8 Å². The molecule has 0 amide bonds. The molecule has 0 N–H and O–H groups in total. The van der Waals surface area contributed by atoms with Gasteiger partial charge in [-0.15, -0.1) is 0 Å². The zero-order valence-electron chi connectivity index (χ0n) is 17.8. The van der Waals surface area contributed by atoms with Gasteiger partial charge in [0.15, 0.2) is 7.14 Å². The molecule has 156 valence electrons. The quantitative estimate of drug-likeness (QED) is 0.285. The lowest BCUT2D eigenvalue weighted by molar-refractivity contribution is 0.593. The first-order chi connectivity index (χ1) is 16.3. The van der Waals surface area contributed by atoms with E-state index in [-0.39, 0.29) is 0 Å². The highest BCUT2D eigenvalue weighted by atomic mass is 31.2. The molecule has 1 aromatic heterocycles.